The third kappa shape index (κ3) is 3.99. The summed E-state index contributed by atoms with van der Waals surface area (Å²) < 4.78 is 46.2. The number of rotatable bonds is 5. The highest BCUT2D eigenvalue weighted by Crippen LogP contribution is 2.28. The fourth-order valence-electron chi connectivity index (χ4n) is 1.97. The van der Waals surface area contributed by atoms with E-state index in [1.165, 1.54) is 18.2 Å². The third-order valence-corrected chi connectivity index (χ3v) is 2.91. The van der Waals surface area contributed by atoms with Crippen LogP contribution in [0, 0.1) is 0 Å². The predicted molar refractivity (Wildman–Crippen MR) is 70.4 cm³/mol. The molecule has 0 radical (unpaired) electrons. The summed E-state index contributed by atoms with van der Waals surface area (Å²) in [4.78, 5) is 0. The maximum Gasteiger partial charge on any atom is 0.573 e. The van der Waals surface area contributed by atoms with E-state index in [0.717, 1.165) is 5.76 Å². The Balaban J connectivity index is 2.27. The molecule has 0 fully saturated rings. The number of aryl methyl sites for hydroxylation is 1. The highest BCUT2D eigenvalue weighted by molar-refractivity contribution is 5.34. The number of hydrogen-bond acceptors (Lipinski definition) is 4. The number of furan rings is 1. The number of alkyl halides is 3. The van der Waals surface area contributed by atoms with E-state index in [9.17, 15) is 13.2 Å². The van der Waals surface area contributed by atoms with Gasteiger partial charge in [0, 0.05) is 6.42 Å². The molecule has 0 bridgehead atoms. The Labute approximate surface area is 119 Å². The van der Waals surface area contributed by atoms with Gasteiger partial charge < -0.3 is 9.15 Å². The van der Waals surface area contributed by atoms with Crippen molar-refractivity contribution in [2.24, 2.45) is 5.84 Å². The van der Waals surface area contributed by atoms with Crippen molar-refractivity contribution in [3.05, 3.63) is 53.5 Å². The van der Waals surface area contributed by atoms with E-state index < -0.39 is 12.4 Å². The SMILES string of the molecule is CCc1ccc(C(NN)c2cccc(OC(F)(F)F)c2)o1. The molecular weight excluding hydrogens is 285 g/mol. The van der Waals surface area contributed by atoms with Gasteiger partial charge in [0.1, 0.15) is 23.3 Å². The number of hydrogen-bond donors (Lipinski definition) is 2. The Morgan fingerprint density at radius 1 is 1.29 bits per heavy atom. The van der Waals surface area contributed by atoms with Gasteiger partial charge in [0.2, 0.25) is 0 Å². The van der Waals surface area contributed by atoms with E-state index >= 15 is 0 Å². The number of nitrogens with two attached hydrogens (primary N) is 1. The summed E-state index contributed by atoms with van der Waals surface area (Å²) in [6.45, 7) is 1.94. The number of benzene rings is 1. The summed E-state index contributed by atoms with van der Waals surface area (Å²) in [6, 6.07) is 8.58. The summed E-state index contributed by atoms with van der Waals surface area (Å²) in [6.07, 6.45) is -4.02. The maximum atomic E-state index is 12.2. The Hall–Kier alpha value is -1.99. The zero-order valence-electron chi connectivity index (χ0n) is 11.3. The van der Waals surface area contributed by atoms with Crippen LogP contribution >= 0.6 is 0 Å². The Morgan fingerprint density at radius 3 is 2.62 bits per heavy atom. The van der Waals surface area contributed by atoms with Crippen LogP contribution in [0.15, 0.2) is 40.8 Å². The molecular formula is C14H15F3N2O2. The lowest BCUT2D eigenvalue weighted by atomic mass is 10.1. The van der Waals surface area contributed by atoms with Crippen LogP contribution in [0.1, 0.15) is 30.0 Å². The van der Waals surface area contributed by atoms with E-state index in [4.69, 9.17) is 10.3 Å². The molecule has 21 heavy (non-hydrogen) atoms. The molecule has 1 heterocycles. The first-order chi connectivity index (χ1) is 9.93. The van der Waals surface area contributed by atoms with Gasteiger partial charge in [-0.25, -0.2) is 5.43 Å². The van der Waals surface area contributed by atoms with Crippen LogP contribution in [0.5, 0.6) is 5.75 Å². The molecule has 7 heteroatoms. The summed E-state index contributed by atoms with van der Waals surface area (Å²) in [7, 11) is 0. The number of halogens is 3. The van der Waals surface area contributed by atoms with Crippen molar-refractivity contribution in [1.82, 2.24) is 5.43 Å². The first-order valence-corrected chi connectivity index (χ1v) is 6.33. The van der Waals surface area contributed by atoms with Crippen LogP contribution in [-0.4, -0.2) is 6.36 Å². The fourth-order valence-corrected chi connectivity index (χ4v) is 1.97. The van der Waals surface area contributed by atoms with Crippen LogP contribution in [0.3, 0.4) is 0 Å². The summed E-state index contributed by atoms with van der Waals surface area (Å²) in [5.41, 5.74) is 3.04. The Kier molecular flexibility index (Phi) is 4.54. The van der Waals surface area contributed by atoms with Crippen molar-refractivity contribution in [3.8, 4) is 5.75 Å². The van der Waals surface area contributed by atoms with Gasteiger partial charge in [-0.15, -0.1) is 13.2 Å². The smallest absolute Gasteiger partial charge is 0.464 e. The highest BCUT2D eigenvalue weighted by atomic mass is 19.4. The van der Waals surface area contributed by atoms with Crippen molar-refractivity contribution in [1.29, 1.82) is 0 Å². The van der Waals surface area contributed by atoms with Crippen molar-refractivity contribution in [3.63, 3.8) is 0 Å². The maximum absolute atomic E-state index is 12.2. The lowest BCUT2D eigenvalue weighted by Gasteiger charge is -2.16. The molecule has 0 aliphatic carbocycles. The molecule has 114 valence electrons. The zero-order chi connectivity index (χ0) is 15.5. The molecule has 0 saturated heterocycles. The van der Waals surface area contributed by atoms with Crippen LogP contribution in [0.25, 0.3) is 0 Å². The molecule has 2 rings (SSSR count). The average molecular weight is 300 g/mol. The van der Waals surface area contributed by atoms with Gasteiger partial charge in [0.05, 0.1) is 0 Å². The van der Waals surface area contributed by atoms with E-state index in [-0.39, 0.29) is 5.75 Å². The molecule has 0 aliphatic rings. The predicted octanol–water partition coefficient (Wildman–Crippen LogP) is 3.29. The normalized spacial score (nSPS) is 13.2. The van der Waals surface area contributed by atoms with Gasteiger partial charge in [0.25, 0.3) is 0 Å². The highest BCUT2D eigenvalue weighted by Gasteiger charge is 2.31. The lowest BCUT2D eigenvalue weighted by molar-refractivity contribution is -0.274. The van der Waals surface area contributed by atoms with Gasteiger partial charge in [-0.3, -0.25) is 5.84 Å². The van der Waals surface area contributed by atoms with Crippen molar-refractivity contribution in [2.75, 3.05) is 0 Å². The van der Waals surface area contributed by atoms with Crippen LogP contribution < -0.4 is 16.0 Å². The van der Waals surface area contributed by atoms with Gasteiger partial charge in [-0.1, -0.05) is 19.1 Å². The third-order valence-electron chi connectivity index (χ3n) is 2.91. The van der Waals surface area contributed by atoms with Crippen molar-refractivity contribution < 1.29 is 22.3 Å². The monoisotopic (exact) mass is 300 g/mol. The minimum atomic E-state index is -4.73. The minimum absolute atomic E-state index is 0.303. The molecule has 3 N–H and O–H groups in total. The molecule has 0 spiro atoms. The topological polar surface area (TPSA) is 60.4 Å². The standard InChI is InChI=1S/C14H15F3N2O2/c1-2-10-6-7-12(20-10)13(19-18)9-4-3-5-11(8-9)21-14(15,16)17/h3-8,13,19H,2,18H2,1H3. The zero-order valence-corrected chi connectivity index (χ0v) is 11.3. The largest absolute Gasteiger partial charge is 0.573 e. The quantitative estimate of drug-likeness (QED) is 0.657. The van der Waals surface area contributed by atoms with Crippen LogP contribution in [0.4, 0.5) is 13.2 Å². The average Bonchev–Trinajstić information content (AvgIpc) is 2.87. The molecule has 0 aliphatic heterocycles. The van der Waals surface area contributed by atoms with Gasteiger partial charge in [0.15, 0.2) is 0 Å². The fraction of sp³-hybridized carbons (Fsp3) is 0.286. The second kappa shape index (κ2) is 6.19. The van der Waals surface area contributed by atoms with Crippen molar-refractivity contribution >= 4 is 0 Å². The molecule has 1 aromatic carbocycles. The molecule has 4 nitrogen and oxygen atoms in total. The molecule has 1 atom stereocenters. The Morgan fingerprint density at radius 2 is 2.05 bits per heavy atom. The molecule has 0 saturated carbocycles. The minimum Gasteiger partial charge on any atom is -0.464 e. The lowest BCUT2D eigenvalue weighted by Crippen LogP contribution is -2.28. The van der Waals surface area contributed by atoms with Gasteiger partial charge in [-0.2, -0.15) is 0 Å². The van der Waals surface area contributed by atoms with E-state index in [2.05, 4.69) is 10.2 Å². The first-order valence-electron chi connectivity index (χ1n) is 6.33. The second-order valence-corrected chi connectivity index (χ2v) is 4.38. The molecule has 1 unspecified atom stereocenters. The van der Waals surface area contributed by atoms with E-state index in [1.54, 1.807) is 18.2 Å². The van der Waals surface area contributed by atoms with E-state index in [0.29, 0.717) is 17.7 Å². The van der Waals surface area contributed by atoms with Crippen molar-refractivity contribution in [2.45, 2.75) is 25.7 Å². The van der Waals surface area contributed by atoms with Gasteiger partial charge >= 0.3 is 6.36 Å². The van der Waals surface area contributed by atoms with Crippen LogP contribution in [-0.2, 0) is 6.42 Å². The summed E-state index contributed by atoms with van der Waals surface area (Å²) >= 11 is 0. The number of nitrogens with one attached hydrogen (secondary N) is 1. The van der Waals surface area contributed by atoms with Gasteiger partial charge in [-0.05, 0) is 29.8 Å². The summed E-state index contributed by atoms with van der Waals surface area (Å²) in [5, 5.41) is 0. The first kappa shape index (κ1) is 15.4. The van der Waals surface area contributed by atoms with E-state index in [1.807, 2.05) is 6.92 Å². The Bertz CT molecular complexity index is 596. The molecule has 1 aromatic heterocycles. The van der Waals surface area contributed by atoms with Crippen LogP contribution in [0.2, 0.25) is 0 Å². The molecule has 0 amide bonds. The number of ether oxygens (including phenoxy) is 1. The summed E-state index contributed by atoms with van der Waals surface area (Å²) in [5.74, 6) is 6.49. The second-order valence-electron chi connectivity index (χ2n) is 4.38. The number of hydrazine groups is 1. The molecule has 2 aromatic rings.